The molecule has 1 unspecified atom stereocenters. The Labute approximate surface area is 102 Å². The molecule has 1 atom stereocenters. The first-order valence-electron chi connectivity index (χ1n) is 5.77. The van der Waals surface area contributed by atoms with Crippen LogP contribution in [-0.2, 0) is 11.2 Å². The van der Waals surface area contributed by atoms with Gasteiger partial charge in [-0.15, -0.1) is 0 Å². The maximum absolute atomic E-state index is 8.69. The Morgan fingerprint density at radius 2 is 2.29 bits per heavy atom. The number of hydrogen-bond acceptors (Lipinski definition) is 4. The lowest BCUT2D eigenvalue weighted by atomic mass is 10.1. The van der Waals surface area contributed by atoms with Crippen molar-refractivity contribution in [2.75, 3.05) is 24.3 Å². The van der Waals surface area contributed by atoms with Gasteiger partial charge in [0.1, 0.15) is 0 Å². The minimum absolute atomic E-state index is 0.230. The standard InChI is InChI=1S/C13H19N3O/c1-3-17-9-10(2)16-12-4-5-13(15)11(8-12)6-7-14/h4-5,8,10,16H,3,6,9,15H2,1-2H3. The Balaban J connectivity index is 2.65. The molecule has 3 N–H and O–H groups in total. The van der Waals surface area contributed by atoms with E-state index in [1.165, 1.54) is 0 Å². The van der Waals surface area contributed by atoms with Gasteiger partial charge in [0.05, 0.1) is 19.1 Å². The van der Waals surface area contributed by atoms with Gasteiger partial charge >= 0.3 is 0 Å². The third kappa shape index (κ3) is 4.33. The van der Waals surface area contributed by atoms with E-state index in [4.69, 9.17) is 15.7 Å². The summed E-state index contributed by atoms with van der Waals surface area (Å²) >= 11 is 0. The van der Waals surface area contributed by atoms with Crippen LogP contribution < -0.4 is 11.1 Å². The molecule has 1 aromatic carbocycles. The largest absolute Gasteiger partial charge is 0.398 e. The first kappa shape index (κ1) is 13.3. The fraction of sp³-hybridized carbons (Fsp3) is 0.462. The van der Waals surface area contributed by atoms with E-state index in [-0.39, 0.29) is 6.04 Å². The smallest absolute Gasteiger partial charge is 0.0670 e. The Kier molecular flexibility index (Phi) is 5.31. The highest BCUT2D eigenvalue weighted by atomic mass is 16.5. The van der Waals surface area contributed by atoms with Crippen molar-refractivity contribution >= 4 is 11.4 Å². The number of nitrogens with one attached hydrogen (secondary N) is 1. The van der Waals surface area contributed by atoms with E-state index in [9.17, 15) is 0 Å². The fourth-order valence-corrected chi connectivity index (χ4v) is 1.55. The molecular weight excluding hydrogens is 214 g/mol. The first-order chi connectivity index (χ1) is 8.17. The molecule has 0 fully saturated rings. The summed E-state index contributed by atoms with van der Waals surface area (Å²) in [4.78, 5) is 0. The van der Waals surface area contributed by atoms with Gasteiger partial charge in [0.25, 0.3) is 0 Å². The molecule has 17 heavy (non-hydrogen) atoms. The Morgan fingerprint density at radius 1 is 1.53 bits per heavy atom. The molecule has 0 saturated heterocycles. The topological polar surface area (TPSA) is 71.1 Å². The second-order valence-electron chi connectivity index (χ2n) is 3.95. The fourth-order valence-electron chi connectivity index (χ4n) is 1.55. The summed E-state index contributed by atoms with van der Waals surface area (Å²) in [6.07, 6.45) is 0.335. The van der Waals surface area contributed by atoms with Crippen molar-refractivity contribution in [3.63, 3.8) is 0 Å². The predicted molar refractivity (Wildman–Crippen MR) is 69.7 cm³/mol. The molecule has 0 heterocycles. The van der Waals surface area contributed by atoms with Crippen LogP contribution in [0.3, 0.4) is 0 Å². The highest BCUT2D eigenvalue weighted by molar-refractivity contribution is 5.58. The Hall–Kier alpha value is -1.73. The number of ether oxygens (including phenoxy) is 1. The zero-order chi connectivity index (χ0) is 12.7. The van der Waals surface area contributed by atoms with Crippen molar-refractivity contribution in [3.05, 3.63) is 23.8 Å². The lowest BCUT2D eigenvalue weighted by Crippen LogP contribution is -2.21. The zero-order valence-electron chi connectivity index (χ0n) is 10.4. The van der Waals surface area contributed by atoms with Crippen LogP contribution in [0.1, 0.15) is 19.4 Å². The summed E-state index contributed by atoms with van der Waals surface area (Å²) in [5.74, 6) is 0. The van der Waals surface area contributed by atoms with Gasteiger partial charge in [-0.3, -0.25) is 0 Å². The third-order valence-corrected chi connectivity index (χ3v) is 2.40. The Bertz CT molecular complexity index is 398. The number of anilines is 2. The molecule has 0 aliphatic rings. The van der Waals surface area contributed by atoms with Gasteiger partial charge in [-0.1, -0.05) is 0 Å². The van der Waals surface area contributed by atoms with Gasteiger partial charge in [0.2, 0.25) is 0 Å². The summed E-state index contributed by atoms with van der Waals surface area (Å²) in [5, 5.41) is 12.0. The van der Waals surface area contributed by atoms with E-state index < -0.39 is 0 Å². The highest BCUT2D eigenvalue weighted by Crippen LogP contribution is 2.18. The summed E-state index contributed by atoms with van der Waals surface area (Å²) in [6, 6.07) is 7.99. The predicted octanol–water partition coefficient (Wildman–Crippen LogP) is 2.17. The number of hydrogen-bond donors (Lipinski definition) is 2. The molecule has 0 saturated carbocycles. The first-order valence-corrected chi connectivity index (χ1v) is 5.77. The van der Waals surface area contributed by atoms with Crippen molar-refractivity contribution in [1.82, 2.24) is 0 Å². The minimum Gasteiger partial charge on any atom is -0.398 e. The quantitative estimate of drug-likeness (QED) is 0.739. The molecule has 1 rings (SSSR count). The van der Waals surface area contributed by atoms with Crippen LogP contribution in [0.25, 0.3) is 0 Å². The number of nitrogens with two attached hydrogens (primary N) is 1. The van der Waals surface area contributed by atoms with Crippen LogP contribution in [0, 0.1) is 11.3 Å². The van der Waals surface area contributed by atoms with Gasteiger partial charge in [-0.2, -0.15) is 5.26 Å². The lowest BCUT2D eigenvalue weighted by Gasteiger charge is -2.16. The van der Waals surface area contributed by atoms with Crippen LogP contribution in [0.15, 0.2) is 18.2 Å². The van der Waals surface area contributed by atoms with Crippen LogP contribution >= 0.6 is 0 Å². The third-order valence-electron chi connectivity index (χ3n) is 2.40. The van der Waals surface area contributed by atoms with E-state index in [1.54, 1.807) is 0 Å². The van der Waals surface area contributed by atoms with E-state index in [2.05, 4.69) is 18.3 Å². The molecule has 0 aliphatic carbocycles. The van der Waals surface area contributed by atoms with Crippen molar-refractivity contribution < 1.29 is 4.74 Å². The normalized spacial score (nSPS) is 11.8. The molecule has 4 nitrogen and oxygen atoms in total. The second-order valence-corrected chi connectivity index (χ2v) is 3.95. The van der Waals surface area contributed by atoms with Crippen molar-refractivity contribution in [3.8, 4) is 6.07 Å². The monoisotopic (exact) mass is 233 g/mol. The van der Waals surface area contributed by atoms with Gasteiger partial charge < -0.3 is 15.8 Å². The molecular formula is C13H19N3O. The SMILES string of the molecule is CCOCC(C)Nc1ccc(N)c(CC#N)c1. The Morgan fingerprint density at radius 3 is 2.94 bits per heavy atom. The van der Waals surface area contributed by atoms with Crippen LogP contribution in [0.2, 0.25) is 0 Å². The second kappa shape index (κ2) is 6.77. The number of rotatable bonds is 6. The maximum Gasteiger partial charge on any atom is 0.0670 e. The van der Waals surface area contributed by atoms with Gasteiger partial charge in [0, 0.05) is 24.0 Å². The summed E-state index contributed by atoms with van der Waals surface area (Å²) in [6.45, 7) is 5.40. The number of nitrogen functional groups attached to an aromatic ring is 1. The highest BCUT2D eigenvalue weighted by Gasteiger charge is 2.04. The molecule has 92 valence electrons. The van der Waals surface area contributed by atoms with Crippen LogP contribution in [-0.4, -0.2) is 19.3 Å². The van der Waals surface area contributed by atoms with Gasteiger partial charge in [-0.05, 0) is 37.6 Å². The van der Waals surface area contributed by atoms with E-state index >= 15 is 0 Å². The average Bonchev–Trinajstić information content (AvgIpc) is 2.31. The summed E-state index contributed by atoms with van der Waals surface area (Å²) < 4.78 is 5.33. The van der Waals surface area contributed by atoms with Crippen molar-refractivity contribution in [2.45, 2.75) is 26.3 Å². The maximum atomic E-state index is 8.69. The van der Waals surface area contributed by atoms with Crippen LogP contribution in [0.4, 0.5) is 11.4 Å². The van der Waals surface area contributed by atoms with Crippen LogP contribution in [0.5, 0.6) is 0 Å². The number of benzene rings is 1. The molecule has 0 radical (unpaired) electrons. The van der Waals surface area contributed by atoms with E-state index in [0.29, 0.717) is 25.3 Å². The molecule has 0 spiro atoms. The molecule has 0 aliphatic heterocycles. The summed E-state index contributed by atoms with van der Waals surface area (Å²) in [5.41, 5.74) is 8.28. The number of nitriles is 1. The zero-order valence-corrected chi connectivity index (χ0v) is 10.4. The molecule has 0 bridgehead atoms. The molecule has 0 amide bonds. The van der Waals surface area contributed by atoms with Gasteiger partial charge in [-0.25, -0.2) is 0 Å². The van der Waals surface area contributed by atoms with E-state index in [1.807, 2.05) is 25.1 Å². The van der Waals surface area contributed by atoms with E-state index in [0.717, 1.165) is 11.3 Å². The van der Waals surface area contributed by atoms with Gasteiger partial charge in [0.15, 0.2) is 0 Å². The minimum atomic E-state index is 0.230. The number of nitrogens with zero attached hydrogens (tertiary/aromatic N) is 1. The molecule has 1 aromatic rings. The molecule has 4 heteroatoms. The average molecular weight is 233 g/mol. The lowest BCUT2D eigenvalue weighted by molar-refractivity contribution is 0.141. The van der Waals surface area contributed by atoms with Crippen molar-refractivity contribution in [2.24, 2.45) is 0 Å². The van der Waals surface area contributed by atoms with Crippen molar-refractivity contribution in [1.29, 1.82) is 5.26 Å². The summed E-state index contributed by atoms with van der Waals surface area (Å²) in [7, 11) is 0. The molecule has 0 aromatic heterocycles.